The maximum Gasteiger partial charge on any atom is 0.0561 e. The molecular weight excluding hydrogens is 468 g/mol. The van der Waals surface area contributed by atoms with Crippen LogP contribution in [0.15, 0.2) is 78.9 Å². The monoisotopic (exact) mass is 514 g/mol. The van der Waals surface area contributed by atoms with E-state index in [4.69, 9.17) is 6.42 Å². The van der Waals surface area contributed by atoms with Crippen LogP contribution in [0.5, 0.6) is 0 Å². The third-order valence-corrected chi connectivity index (χ3v) is 9.04. The van der Waals surface area contributed by atoms with Crippen molar-refractivity contribution >= 4 is 11.1 Å². The quantitative estimate of drug-likeness (QED) is 0.277. The van der Waals surface area contributed by atoms with Crippen LogP contribution < -0.4 is 0 Å². The lowest BCUT2D eigenvalue weighted by atomic mass is 9.80. The molecule has 0 bridgehead atoms. The highest BCUT2D eigenvalue weighted by Crippen LogP contribution is 2.50. The Morgan fingerprint density at radius 2 is 1.72 bits per heavy atom. The number of hydrogen-bond donors (Lipinski definition) is 0. The summed E-state index contributed by atoms with van der Waals surface area (Å²) >= 11 is 0. The van der Waals surface area contributed by atoms with E-state index in [0.29, 0.717) is 11.8 Å². The fourth-order valence-corrected chi connectivity index (χ4v) is 6.29. The van der Waals surface area contributed by atoms with Crippen molar-refractivity contribution in [2.75, 3.05) is 0 Å². The zero-order valence-corrected chi connectivity index (χ0v) is 24.9. The molecule has 0 aliphatic heterocycles. The summed E-state index contributed by atoms with van der Waals surface area (Å²) < 4.78 is 0. The van der Waals surface area contributed by atoms with Crippen LogP contribution in [-0.2, 0) is 11.8 Å². The highest BCUT2D eigenvalue weighted by atomic mass is 14.4. The Hall–Kier alpha value is -3.04. The fourth-order valence-electron chi connectivity index (χ4n) is 6.29. The molecule has 39 heavy (non-hydrogen) atoms. The lowest BCUT2D eigenvalue weighted by Gasteiger charge is -2.24. The van der Waals surface area contributed by atoms with E-state index in [9.17, 15) is 0 Å². The fraction of sp³-hybridized carbons (Fsp3) is 0.436. The summed E-state index contributed by atoms with van der Waals surface area (Å²) in [5, 5.41) is 0. The Bertz CT molecular complexity index is 1370. The molecule has 2 aromatic rings. The lowest BCUT2D eigenvalue weighted by molar-refractivity contribution is 0.411. The van der Waals surface area contributed by atoms with Gasteiger partial charge in [-0.3, -0.25) is 0 Å². The van der Waals surface area contributed by atoms with E-state index in [-0.39, 0.29) is 10.8 Å². The Morgan fingerprint density at radius 1 is 1.03 bits per heavy atom. The van der Waals surface area contributed by atoms with Crippen molar-refractivity contribution in [2.45, 2.75) is 90.9 Å². The standard InChI is InChI=1S/C39H46/c1-9-26(3)30-11-15-32(16-12-30)37-24-34(31-13-14-31)23-36(37)28(5)19-27(4)33-20-29(25-38(6,7)8)21-35(22-33)39(10-2)17-18-39/h2,11-12,15-16,20-24,28,31,37H,3-4,9,13-14,17-19,25H2,1,5-8H3/t28-,37?/m1/s1. The summed E-state index contributed by atoms with van der Waals surface area (Å²) in [5.41, 5.74) is 12.3. The van der Waals surface area contributed by atoms with Crippen LogP contribution >= 0.6 is 0 Å². The van der Waals surface area contributed by atoms with Gasteiger partial charge in [0.25, 0.3) is 0 Å². The molecule has 1 unspecified atom stereocenters. The molecular formula is C39H46. The predicted octanol–water partition coefficient (Wildman–Crippen LogP) is 10.5. The summed E-state index contributed by atoms with van der Waals surface area (Å²) in [6.45, 7) is 20.4. The largest absolute Gasteiger partial charge is 0.119 e. The average molecular weight is 515 g/mol. The van der Waals surface area contributed by atoms with Crippen molar-refractivity contribution in [2.24, 2.45) is 17.3 Å². The Morgan fingerprint density at radius 3 is 2.28 bits per heavy atom. The first-order valence-electron chi connectivity index (χ1n) is 15.0. The van der Waals surface area contributed by atoms with Crippen LogP contribution in [0.2, 0.25) is 0 Å². The van der Waals surface area contributed by atoms with Crippen molar-refractivity contribution in [3.63, 3.8) is 0 Å². The molecule has 2 atom stereocenters. The van der Waals surface area contributed by atoms with Crippen LogP contribution in [0, 0.1) is 29.6 Å². The van der Waals surface area contributed by atoms with Gasteiger partial charge in [-0.05, 0) is 113 Å². The van der Waals surface area contributed by atoms with Crippen LogP contribution in [0.3, 0.4) is 0 Å². The van der Waals surface area contributed by atoms with Gasteiger partial charge in [0.2, 0.25) is 0 Å². The predicted molar refractivity (Wildman–Crippen MR) is 170 cm³/mol. The van der Waals surface area contributed by atoms with Crippen molar-refractivity contribution in [3.8, 4) is 12.3 Å². The van der Waals surface area contributed by atoms with Gasteiger partial charge in [-0.1, -0.05) is 108 Å². The molecule has 0 saturated heterocycles. The van der Waals surface area contributed by atoms with Gasteiger partial charge < -0.3 is 0 Å². The second-order valence-corrected chi connectivity index (χ2v) is 13.7. The number of benzene rings is 2. The second kappa shape index (κ2) is 10.5. The van der Waals surface area contributed by atoms with Gasteiger partial charge in [0.1, 0.15) is 0 Å². The molecule has 3 aliphatic rings. The van der Waals surface area contributed by atoms with Crippen LogP contribution in [-0.4, -0.2) is 0 Å². The van der Waals surface area contributed by atoms with E-state index >= 15 is 0 Å². The van der Waals surface area contributed by atoms with Crippen LogP contribution in [0.25, 0.3) is 11.1 Å². The topological polar surface area (TPSA) is 0 Å². The van der Waals surface area contributed by atoms with Crippen LogP contribution in [0.1, 0.15) is 107 Å². The number of hydrogen-bond acceptors (Lipinski definition) is 0. The summed E-state index contributed by atoms with van der Waals surface area (Å²) in [6.07, 6.45) is 18.9. The maximum absolute atomic E-state index is 6.02. The normalized spacial score (nSPS) is 20.6. The molecule has 3 aliphatic carbocycles. The van der Waals surface area contributed by atoms with E-state index in [1.165, 1.54) is 57.4 Å². The molecule has 0 heteroatoms. The van der Waals surface area contributed by atoms with E-state index in [1.807, 2.05) is 0 Å². The lowest BCUT2D eigenvalue weighted by Crippen LogP contribution is -2.12. The molecule has 0 nitrogen and oxygen atoms in total. The minimum atomic E-state index is -0.0635. The summed E-state index contributed by atoms with van der Waals surface area (Å²) in [6, 6.07) is 16.3. The summed E-state index contributed by atoms with van der Waals surface area (Å²) in [4.78, 5) is 0. The molecule has 2 saturated carbocycles. The number of terminal acetylenes is 1. The molecule has 0 radical (unpaired) electrons. The van der Waals surface area contributed by atoms with Crippen LogP contribution in [0.4, 0.5) is 0 Å². The summed E-state index contributed by atoms with van der Waals surface area (Å²) in [5.74, 6) is 4.65. The van der Waals surface area contributed by atoms with Gasteiger partial charge in [0.15, 0.2) is 0 Å². The zero-order valence-electron chi connectivity index (χ0n) is 24.9. The average Bonchev–Trinajstić information content (AvgIpc) is 3.84. The molecule has 2 aromatic carbocycles. The van der Waals surface area contributed by atoms with Gasteiger partial charge in [0, 0.05) is 5.92 Å². The number of allylic oxidation sites excluding steroid dienone is 6. The number of rotatable bonds is 10. The molecule has 0 heterocycles. The third-order valence-electron chi connectivity index (χ3n) is 9.04. The summed E-state index contributed by atoms with van der Waals surface area (Å²) in [7, 11) is 0. The highest BCUT2D eigenvalue weighted by Gasteiger charge is 2.43. The molecule has 0 spiro atoms. The molecule has 2 fully saturated rings. The van der Waals surface area contributed by atoms with Gasteiger partial charge >= 0.3 is 0 Å². The van der Waals surface area contributed by atoms with E-state index in [2.05, 4.69) is 108 Å². The molecule has 0 aromatic heterocycles. The first kappa shape index (κ1) is 27.5. The van der Waals surface area contributed by atoms with Gasteiger partial charge in [-0.15, -0.1) is 6.42 Å². The maximum atomic E-state index is 6.02. The molecule has 202 valence electrons. The Balaban J connectivity index is 1.40. The molecule has 5 rings (SSSR count). The minimum Gasteiger partial charge on any atom is -0.119 e. The first-order valence-corrected chi connectivity index (χ1v) is 15.0. The van der Waals surface area contributed by atoms with E-state index < -0.39 is 0 Å². The second-order valence-electron chi connectivity index (χ2n) is 13.7. The molecule has 0 N–H and O–H groups in total. The molecule has 0 amide bonds. The Kier molecular flexibility index (Phi) is 7.41. The van der Waals surface area contributed by atoms with Crippen molar-refractivity contribution < 1.29 is 0 Å². The van der Waals surface area contributed by atoms with Crippen molar-refractivity contribution in [1.29, 1.82) is 0 Å². The van der Waals surface area contributed by atoms with Gasteiger partial charge in [0.05, 0.1) is 5.41 Å². The minimum absolute atomic E-state index is 0.0635. The van der Waals surface area contributed by atoms with E-state index in [1.54, 1.807) is 5.57 Å². The SMILES string of the molecule is C#CC1(c2cc(CC(C)(C)C)cc(C(=C)C[C@@H](C)C3=CC(C4CC4)=CC3c3ccc(C(=C)CC)cc3)c2)CC1. The van der Waals surface area contributed by atoms with Crippen molar-refractivity contribution in [1.82, 2.24) is 0 Å². The third kappa shape index (κ3) is 6.09. The smallest absolute Gasteiger partial charge is 0.0561 e. The van der Waals surface area contributed by atoms with E-state index in [0.717, 1.165) is 38.0 Å². The zero-order chi connectivity index (χ0) is 27.9. The first-order chi connectivity index (χ1) is 18.5. The highest BCUT2D eigenvalue weighted by molar-refractivity contribution is 5.67. The Labute approximate surface area is 238 Å². The van der Waals surface area contributed by atoms with Gasteiger partial charge in [-0.2, -0.15) is 0 Å². The van der Waals surface area contributed by atoms with Gasteiger partial charge in [-0.25, -0.2) is 0 Å². The van der Waals surface area contributed by atoms with Crippen molar-refractivity contribution in [3.05, 3.63) is 107 Å².